The van der Waals surface area contributed by atoms with Gasteiger partial charge < -0.3 is 11.1 Å². The lowest BCUT2D eigenvalue weighted by molar-refractivity contribution is 0.0931. The Morgan fingerprint density at radius 1 is 1.37 bits per heavy atom. The first-order valence-electron chi connectivity index (χ1n) is 6.24. The van der Waals surface area contributed by atoms with E-state index in [4.69, 9.17) is 5.73 Å². The Morgan fingerprint density at radius 3 is 2.68 bits per heavy atom. The molecular formula is C12H19BrN4O2. The second-order valence-electron chi connectivity index (χ2n) is 4.29. The van der Waals surface area contributed by atoms with Gasteiger partial charge in [-0.15, -0.1) is 0 Å². The molecule has 3 N–H and O–H groups in total. The number of nitrogens with zero attached hydrogens (tertiary/aromatic N) is 2. The Labute approximate surface area is 120 Å². The second kappa shape index (κ2) is 7.93. The van der Waals surface area contributed by atoms with Crippen LogP contribution in [0.25, 0.3) is 0 Å². The molecule has 1 heterocycles. The molecule has 0 radical (unpaired) electrons. The van der Waals surface area contributed by atoms with Crippen LogP contribution in [0.5, 0.6) is 0 Å². The average Bonchev–Trinajstić information content (AvgIpc) is 2.76. The Hall–Kier alpha value is -1.37. The number of hydrogen-bond acceptors (Lipinski definition) is 3. The van der Waals surface area contributed by atoms with Crippen molar-refractivity contribution in [2.75, 3.05) is 11.9 Å². The van der Waals surface area contributed by atoms with Gasteiger partial charge in [0.05, 0.1) is 5.56 Å². The minimum absolute atomic E-state index is 0.0930. The summed E-state index contributed by atoms with van der Waals surface area (Å²) in [5, 5.41) is 7.72. The largest absolute Gasteiger partial charge is 0.365 e. The van der Waals surface area contributed by atoms with Gasteiger partial charge in [-0.05, 0) is 12.8 Å². The van der Waals surface area contributed by atoms with Crippen LogP contribution < -0.4 is 11.1 Å². The number of alkyl halides is 1. The molecule has 0 fully saturated rings. The van der Waals surface area contributed by atoms with Gasteiger partial charge in [0.15, 0.2) is 5.69 Å². The fraction of sp³-hybridized carbons (Fsp3) is 0.583. The van der Waals surface area contributed by atoms with E-state index in [-0.39, 0.29) is 17.2 Å². The number of amides is 2. The molecule has 0 aliphatic carbocycles. The van der Waals surface area contributed by atoms with E-state index in [1.807, 2.05) is 0 Å². The monoisotopic (exact) mass is 330 g/mol. The van der Waals surface area contributed by atoms with Gasteiger partial charge in [0, 0.05) is 25.1 Å². The molecule has 1 aromatic heterocycles. The number of hydrogen-bond donors (Lipinski definition) is 2. The Kier molecular flexibility index (Phi) is 6.55. The van der Waals surface area contributed by atoms with Crippen LogP contribution in [0.1, 0.15) is 46.5 Å². The molecule has 2 amide bonds. The smallest absolute Gasteiger partial charge is 0.272 e. The van der Waals surface area contributed by atoms with E-state index in [1.54, 1.807) is 7.05 Å². The molecule has 0 bridgehead atoms. The van der Waals surface area contributed by atoms with Crippen LogP contribution in [-0.2, 0) is 7.05 Å². The van der Waals surface area contributed by atoms with Crippen molar-refractivity contribution in [1.29, 1.82) is 0 Å². The van der Waals surface area contributed by atoms with Gasteiger partial charge in [-0.25, -0.2) is 0 Å². The summed E-state index contributed by atoms with van der Waals surface area (Å²) in [4.78, 5) is 23.0. The zero-order valence-electron chi connectivity index (χ0n) is 11.0. The molecule has 0 saturated heterocycles. The predicted octanol–water partition coefficient (Wildman–Crippen LogP) is 1.20. The maximum atomic E-state index is 11.9. The number of nitrogens with one attached hydrogen (secondary N) is 1. The van der Waals surface area contributed by atoms with Gasteiger partial charge in [0.2, 0.25) is 0 Å². The molecule has 6 nitrogen and oxygen atoms in total. The van der Waals surface area contributed by atoms with Crippen molar-refractivity contribution in [2.24, 2.45) is 12.8 Å². The first kappa shape index (κ1) is 15.7. The van der Waals surface area contributed by atoms with Crippen molar-refractivity contribution < 1.29 is 9.59 Å². The van der Waals surface area contributed by atoms with Gasteiger partial charge >= 0.3 is 0 Å². The van der Waals surface area contributed by atoms with E-state index < -0.39 is 5.91 Å². The maximum Gasteiger partial charge on any atom is 0.272 e. The molecule has 19 heavy (non-hydrogen) atoms. The third kappa shape index (κ3) is 5.02. The third-order valence-corrected chi connectivity index (χ3v) is 3.22. The third-order valence-electron chi connectivity index (χ3n) is 2.66. The van der Waals surface area contributed by atoms with Crippen LogP contribution in [-0.4, -0.2) is 33.5 Å². The standard InChI is InChI=1S/C12H19BrN4O2/c1-17-8-9(11(14)18)10(16-17)12(19)15-7-5-3-2-4-6-13/h8H,2-7H2,1H3,(H2,14,18)(H,15,19). The summed E-state index contributed by atoms with van der Waals surface area (Å²) < 4.78 is 1.41. The van der Waals surface area contributed by atoms with Crippen LogP contribution in [0.4, 0.5) is 0 Å². The summed E-state index contributed by atoms with van der Waals surface area (Å²) in [6, 6.07) is 0. The molecular weight excluding hydrogens is 312 g/mol. The lowest BCUT2D eigenvalue weighted by Crippen LogP contribution is -2.27. The topological polar surface area (TPSA) is 90.0 Å². The van der Waals surface area contributed by atoms with Crippen molar-refractivity contribution in [3.63, 3.8) is 0 Å². The van der Waals surface area contributed by atoms with Crippen molar-refractivity contribution in [3.8, 4) is 0 Å². The highest BCUT2D eigenvalue weighted by molar-refractivity contribution is 9.09. The fourth-order valence-electron chi connectivity index (χ4n) is 1.70. The molecule has 0 saturated carbocycles. The van der Waals surface area contributed by atoms with Crippen molar-refractivity contribution in [3.05, 3.63) is 17.5 Å². The van der Waals surface area contributed by atoms with E-state index in [9.17, 15) is 9.59 Å². The summed E-state index contributed by atoms with van der Waals surface area (Å²) in [6.07, 6.45) is 5.71. The number of rotatable bonds is 8. The SMILES string of the molecule is Cn1cc(C(N)=O)c(C(=O)NCCCCCCBr)n1. The van der Waals surface area contributed by atoms with E-state index >= 15 is 0 Å². The molecule has 0 aliphatic heterocycles. The zero-order chi connectivity index (χ0) is 14.3. The normalized spacial score (nSPS) is 10.4. The number of carbonyl (C=O) groups excluding carboxylic acids is 2. The number of halogens is 1. The summed E-state index contributed by atoms with van der Waals surface area (Å²) in [7, 11) is 1.64. The van der Waals surface area contributed by atoms with Crippen LogP contribution in [0.15, 0.2) is 6.20 Å². The number of aromatic nitrogens is 2. The predicted molar refractivity (Wildman–Crippen MR) is 76.3 cm³/mol. The first-order valence-corrected chi connectivity index (χ1v) is 7.36. The maximum absolute atomic E-state index is 11.9. The number of unbranched alkanes of at least 4 members (excludes halogenated alkanes) is 3. The van der Waals surface area contributed by atoms with Crippen LogP contribution in [0.3, 0.4) is 0 Å². The molecule has 0 aromatic carbocycles. The molecule has 0 atom stereocenters. The Balaban J connectivity index is 2.43. The van der Waals surface area contributed by atoms with Gasteiger partial charge in [0.25, 0.3) is 11.8 Å². The Bertz CT molecular complexity index is 445. The van der Waals surface area contributed by atoms with E-state index in [0.29, 0.717) is 6.54 Å². The van der Waals surface area contributed by atoms with Crippen molar-refractivity contribution in [2.45, 2.75) is 25.7 Å². The fourth-order valence-corrected chi connectivity index (χ4v) is 2.09. The van der Waals surface area contributed by atoms with Gasteiger partial charge in [-0.2, -0.15) is 5.10 Å². The summed E-state index contributed by atoms with van der Waals surface area (Å²) in [5.74, 6) is -0.995. The number of carbonyl (C=O) groups is 2. The van der Waals surface area contributed by atoms with Crippen molar-refractivity contribution >= 4 is 27.7 Å². The van der Waals surface area contributed by atoms with E-state index in [1.165, 1.54) is 10.9 Å². The molecule has 0 aliphatic rings. The summed E-state index contributed by atoms with van der Waals surface area (Å²) in [5.41, 5.74) is 5.44. The van der Waals surface area contributed by atoms with Gasteiger partial charge in [-0.3, -0.25) is 14.3 Å². The summed E-state index contributed by atoms with van der Waals surface area (Å²) in [6.45, 7) is 0.579. The first-order chi connectivity index (χ1) is 9.06. The number of nitrogens with two attached hydrogens (primary N) is 1. The van der Waals surface area contributed by atoms with E-state index in [2.05, 4.69) is 26.3 Å². The van der Waals surface area contributed by atoms with Crippen molar-refractivity contribution in [1.82, 2.24) is 15.1 Å². The highest BCUT2D eigenvalue weighted by Gasteiger charge is 2.19. The average molecular weight is 331 g/mol. The van der Waals surface area contributed by atoms with Gasteiger partial charge in [0.1, 0.15) is 0 Å². The molecule has 0 unspecified atom stereocenters. The number of primary amides is 1. The molecule has 1 aromatic rings. The highest BCUT2D eigenvalue weighted by atomic mass is 79.9. The zero-order valence-corrected chi connectivity index (χ0v) is 12.6. The summed E-state index contributed by atoms with van der Waals surface area (Å²) >= 11 is 3.37. The highest BCUT2D eigenvalue weighted by Crippen LogP contribution is 2.06. The number of aryl methyl sites for hydroxylation is 1. The van der Waals surface area contributed by atoms with Crippen LogP contribution >= 0.6 is 15.9 Å². The molecule has 7 heteroatoms. The molecule has 0 spiro atoms. The van der Waals surface area contributed by atoms with Crippen LogP contribution in [0.2, 0.25) is 0 Å². The van der Waals surface area contributed by atoms with E-state index in [0.717, 1.165) is 31.0 Å². The lowest BCUT2D eigenvalue weighted by Gasteiger charge is -2.03. The second-order valence-corrected chi connectivity index (χ2v) is 5.08. The van der Waals surface area contributed by atoms with Crippen LogP contribution in [0, 0.1) is 0 Å². The Morgan fingerprint density at radius 2 is 2.05 bits per heavy atom. The van der Waals surface area contributed by atoms with Gasteiger partial charge in [-0.1, -0.05) is 28.8 Å². The molecule has 1 rings (SSSR count). The minimum Gasteiger partial charge on any atom is -0.365 e. The quantitative estimate of drug-likeness (QED) is 0.554. The molecule has 106 valence electrons. The lowest BCUT2D eigenvalue weighted by atomic mass is 10.2. The minimum atomic E-state index is -0.643.